The minimum atomic E-state index is -3.82. The molecule has 0 spiro atoms. The van der Waals surface area contributed by atoms with Crippen molar-refractivity contribution < 1.29 is 13.3 Å². The average molecular weight is 344 g/mol. The lowest BCUT2D eigenvalue weighted by molar-refractivity contribution is -0.383. The Kier molecular flexibility index (Phi) is 3.68. The van der Waals surface area contributed by atoms with Crippen molar-refractivity contribution in [2.75, 3.05) is 0 Å². The third-order valence-corrected chi connectivity index (χ3v) is 5.74. The molecule has 6 nitrogen and oxygen atoms in total. The maximum atomic E-state index is 12.9. The zero-order chi connectivity index (χ0) is 17.6. The summed E-state index contributed by atoms with van der Waals surface area (Å²) in [5.41, 5.74) is 2.42. The van der Waals surface area contributed by atoms with Gasteiger partial charge in [-0.15, -0.1) is 0 Å². The summed E-state index contributed by atoms with van der Waals surface area (Å²) in [6.07, 6.45) is 1.37. The first-order valence-electron chi connectivity index (χ1n) is 7.31. The first-order chi connectivity index (χ1) is 11.2. The molecule has 124 valence electrons. The van der Waals surface area contributed by atoms with Crippen molar-refractivity contribution in [2.24, 2.45) is 0 Å². The summed E-state index contributed by atoms with van der Waals surface area (Å²) in [4.78, 5) is 11.0. The molecule has 0 N–H and O–H groups in total. The van der Waals surface area contributed by atoms with Crippen LogP contribution >= 0.6 is 0 Å². The molecule has 2 aromatic carbocycles. The fourth-order valence-corrected chi connectivity index (χ4v) is 4.34. The molecule has 0 aliphatic carbocycles. The highest BCUT2D eigenvalue weighted by molar-refractivity contribution is 7.90. The van der Waals surface area contributed by atoms with Crippen LogP contribution in [0, 0.1) is 30.9 Å². The molecular weight excluding hydrogens is 328 g/mol. The number of benzene rings is 2. The maximum Gasteiger partial charge on any atom is 0.281 e. The highest BCUT2D eigenvalue weighted by Crippen LogP contribution is 2.34. The largest absolute Gasteiger partial charge is 0.281 e. The van der Waals surface area contributed by atoms with E-state index < -0.39 is 14.9 Å². The van der Waals surface area contributed by atoms with Gasteiger partial charge in [-0.3, -0.25) is 10.1 Å². The number of hydrogen-bond donors (Lipinski definition) is 0. The van der Waals surface area contributed by atoms with Crippen LogP contribution in [-0.4, -0.2) is 17.3 Å². The summed E-state index contributed by atoms with van der Waals surface area (Å²) < 4.78 is 27.0. The predicted octanol–water partition coefficient (Wildman–Crippen LogP) is 3.71. The molecule has 1 heterocycles. The maximum absolute atomic E-state index is 12.9. The Labute approximate surface area is 139 Å². The zero-order valence-corrected chi connectivity index (χ0v) is 14.3. The molecule has 0 saturated heterocycles. The Hall–Kier alpha value is -2.67. The lowest BCUT2D eigenvalue weighted by Gasteiger charge is -2.10. The van der Waals surface area contributed by atoms with Crippen molar-refractivity contribution in [2.45, 2.75) is 25.7 Å². The van der Waals surface area contributed by atoms with Crippen LogP contribution in [0.15, 0.2) is 47.5 Å². The van der Waals surface area contributed by atoms with Gasteiger partial charge < -0.3 is 0 Å². The minimum Gasteiger partial charge on any atom is -0.258 e. The van der Waals surface area contributed by atoms with Crippen LogP contribution < -0.4 is 0 Å². The molecule has 0 fully saturated rings. The summed E-state index contributed by atoms with van der Waals surface area (Å²) >= 11 is 0. The van der Waals surface area contributed by atoms with Crippen LogP contribution in [-0.2, 0) is 10.0 Å². The number of hydrogen-bond acceptors (Lipinski definition) is 4. The van der Waals surface area contributed by atoms with Crippen LogP contribution in [0.5, 0.6) is 0 Å². The molecule has 0 aliphatic heterocycles. The molecule has 7 heteroatoms. The number of nitro benzene ring substituents is 1. The number of nitro groups is 1. The molecule has 3 rings (SSSR count). The summed E-state index contributed by atoms with van der Waals surface area (Å²) in [6, 6.07) is 9.64. The van der Waals surface area contributed by atoms with Gasteiger partial charge in [0.05, 0.1) is 20.7 Å². The summed E-state index contributed by atoms with van der Waals surface area (Å²) in [6.45, 7) is 5.27. The van der Waals surface area contributed by atoms with Gasteiger partial charge in [-0.2, -0.15) is 0 Å². The highest BCUT2D eigenvalue weighted by atomic mass is 32.2. The molecule has 1 aromatic heterocycles. The standard InChI is InChI=1S/C17H16N2O4S/c1-11-4-6-14(7-5-11)24(22,23)18-9-8-15-16(18)12(2)10-13(3)17(15)19(20)21/h4-10H,1-3H3. The van der Waals surface area contributed by atoms with E-state index in [0.717, 1.165) is 9.54 Å². The lowest BCUT2D eigenvalue weighted by Crippen LogP contribution is -2.12. The second kappa shape index (κ2) is 5.45. The van der Waals surface area contributed by atoms with E-state index in [-0.39, 0.29) is 10.6 Å². The summed E-state index contributed by atoms with van der Waals surface area (Å²) in [7, 11) is -3.82. The molecule has 24 heavy (non-hydrogen) atoms. The van der Waals surface area contributed by atoms with Gasteiger partial charge in [0.15, 0.2) is 0 Å². The minimum absolute atomic E-state index is 0.0616. The van der Waals surface area contributed by atoms with Crippen LogP contribution in [0.1, 0.15) is 16.7 Å². The number of rotatable bonds is 3. The van der Waals surface area contributed by atoms with E-state index >= 15 is 0 Å². The van der Waals surface area contributed by atoms with Gasteiger partial charge in [0.2, 0.25) is 0 Å². The van der Waals surface area contributed by atoms with E-state index in [9.17, 15) is 18.5 Å². The van der Waals surface area contributed by atoms with Crippen molar-refractivity contribution in [3.8, 4) is 0 Å². The van der Waals surface area contributed by atoms with E-state index in [1.165, 1.54) is 24.4 Å². The molecule has 0 bridgehead atoms. The molecular formula is C17H16N2O4S. The normalized spacial score (nSPS) is 11.8. The van der Waals surface area contributed by atoms with E-state index in [4.69, 9.17) is 0 Å². The van der Waals surface area contributed by atoms with Crippen LogP contribution in [0.25, 0.3) is 10.9 Å². The van der Waals surface area contributed by atoms with Gasteiger partial charge in [0.25, 0.3) is 15.7 Å². The average Bonchev–Trinajstić information content (AvgIpc) is 2.93. The third kappa shape index (κ3) is 2.37. The van der Waals surface area contributed by atoms with Crippen molar-refractivity contribution in [3.05, 3.63) is 69.4 Å². The van der Waals surface area contributed by atoms with Crippen molar-refractivity contribution in [3.63, 3.8) is 0 Å². The molecule has 3 aromatic rings. The van der Waals surface area contributed by atoms with Gasteiger partial charge in [-0.1, -0.05) is 17.7 Å². The molecule has 0 radical (unpaired) electrons. The molecule has 0 amide bonds. The predicted molar refractivity (Wildman–Crippen MR) is 91.8 cm³/mol. The van der Waals surface area contributed by atoms with Crippen molar-refractivity contribution in [1.82, 2.24) is 3.97 Å². The van der Waals surface area contributed by atoms with Gasteiger partial charge >= 0.3 is 0 Å². The first-order valence-corrected chi connectivity index (χ1v) is 8.75. The van der Waals surface area contributed by atoms with Gasteiger partial charge in [-0.05, 0) is 50.6 Å². The SMILES string of the molecule is Cc1ccc(S(=O)(=O)n2ccc3c([N+](=O)[O-])c(C)cc(C)c32)cc1. The van der Waals surface area contributed by atoms with E-state index in [0.29, 0.717) is 22.0 Å². The topological polar surface area (TPSA) is 82.2 Å². The Morgan fingerprint density at radius 3 is 2.21 bits per heavy atom. The van der Waals surface area contributed by atoms with E-state index in [2.05, 4.69) is 0 Å². The Bertz CT molecular complexity index is 1060. The summed E-state index contributed by atoms with van der Waals surface area (Å²) in [5, 5.41) is 11.7. The molecule has 0 unspecified atom stereocenters. The van der Waals surface area contributed by atoms with E-state index in [1.54, 1.807) is 32.0 Å². The summed E-state index contributed by atoms with van der Waals surface area (Å²) in [5.74, 6) is 0. The third-order valence-electron chi connectivity index (χ3n) is 4.05. The Balaban J connectivity index is 2.34. The van der Waals surface area contributed by atoms with E-state index in [1.807, 2.05) is 6.92 Å². The van der Waals surface area contributed by atoms with Gasteiger partial charge in [-0.25, -0.2) is 12.4 Å². The highest BCUT2D eigenvalue weighted by Gasteiger charge is 2.25. The van der Waals surface area contributed by atoms with Gasteiger partial charge in [0, 0.05) is 11.8 Å². The number of aromatic nitrogens is 1. The van der Waals surface area contributed by atoms with Crippen LogP contribution in [0.3, 0.4) is 0 Å². The number of fused-ring (bicyclic) bond motifs is 1. The van der Waals surface area contributed by atoms with Crippen molar-refractivity contribution in [1.29, 1.82) is 0 Å². The zero-order valence-electron chi connectivity index (χ0n) is 13.5. The Morgan fingerprint density at radius 1 is 1.00 bits per heavy atom. The van der Waals surface area contributed by atoms with Crippen LogP contribution in [0.2, 0.25) is 0 Å². The molecule has 0 atom stereocenters. The van der Waals surface area contributed by atoms with Crippen molar-refractivity contribution >= 4 is 26.6 Å². The second-order valence-electron chi connectivity index (χ2n) is 5.81. The number of aryl methyl sites for hydroxylation is 3. The smallest absolute Gasteiger partial charge is 0.258 e. The fourth-order valence-electron chi connectivity index (χ4n) is 2.93. The number of nitrogens with zero attached hydrogens (tertiary/aromatic N) is 2. The Morgan fingerprint density at radius 2 is 1.62 bits per heavy atom. The van der Waals surface area contributed by atoms with Crippen LogP contribution in [0.4, 0.5) is 5.69 Å². The monoisotopic (exact) mass is 344 g/mol. The fraction of sp³-hybridized carbons (Fsp3) is 0.176. The lowest BCUT2D eigenvalue weighted by atomic mass is 10.1. The molecule has 0 saturated carbocycles. The first kappa shape index (κ1) is 16.2. The second-order valence-corrected chi connectivity index (χ2v) is 7.62. The molecule has 0 aliphatic rings. The van der Waals surface area contributed by atoms with Gasteiger partial charge in [0.1, 0.15) is 0 Å². The quantitative estimate of drug-likeness (QED) is 0.536.